The van der Waals surface area contributed by atoms with Crippen molar-refractivity contribution in [2.75, 3.05) is 77.5 Å². The number of nitrogens with one attached hydrogen (secondary N) is 2. The Balaban J connectivity index is 0.000000164. The molecule has 0 saturated carbocycles. The molecule has 4 aromatic heterocycles. The minimum atomic E-state index is -0.733. The van der Waals surface area contributed by atoms with Crippen LogP contribution in [0.15, 0.2) is 106 Å². The van der Waals surface area contributed by atoms with Crippen molar-refractivity contribution in [3.05, 3.63) is 148 Å². The van der Waals surface area contributed by atoms with Crippen LogP contribution in [-0.2, 0) is 18.8 Å². The number of ether oxygens (including phenoxy) is 2. The van der Waals surface area contributed by atoms with Crippen LogP contribution in [0.5, 0.6) is 0 Å². The van der Waals surface area contributed by atoms with Crippen LogP contribution in [0.25, 0.3) is 56.0 Å². The molecule has 7 heterocycles. The van der Waals surface area contributed by atoms with E-state index in [4.69, 9.17) is 49.4 Å². The van der Waals surface area contributed by atoms with Crippen molar-refractivity contribution >= 4 is 69.6 Å². The number of pyridine rings is 2. The summed E-state index contributed by atoms with van der Waals surface area (Å²) in [5.74, 6) is -3.38. The number of nitrogens with zero attached hydrogens (tertiary/aromatic N) is 6. The number of anilines is 2. The molecule has 0 bridgehead atoms. The molecule has 24 heteroatoms. The molecular weight excluding hydrogens is 1160 g/mol. The number of aromatic nitrogens is 2. The molecule has 0 spiro atoms. The number of carbonyl (C=O) groups excluding carboxylic acids is 2. The SMILES string of the molecule is CC1(C)OB(c2ccc(NC3CCOCC3)c(C#N)c2)OC1(C)C.CN(CCO)C(=O)c1ccc(-c2cc3ncc(F)c(-c4ccc(NC5CCOCC5)c(C#N)c4)c3o2)c(F)c1.CN(CCO)C(=O)c1ccc(-c2cc3ncc(F)c(Cl)c3o2)c(F)c1. The molecule has 4 aromatic carbocycles. The Morgan fingerprint density at radius 1 is 0.636 bits per heavy atom. The van der Waals surface area contributed by atoms with Crippen molar-refractivity contribution in [2.45, 2.75) is 76.7 Å². The van der Waals surface area contributed by atoms with Gasteiger partial charge in [-0.2, -0.15) is 10.5 Å². The summed E-state index contributed by atoms with van der Waals surface area (Å²) in [6.07, 6.45) is 5.60. The number of rotatable bonds is 14. The second-order valence-corrected chi connectivity index (χ2v) is 22.7. The number of furan rings is 2. The average molecular weight is 1230 g/mol. The van der Waals surface area contributed by atoms with Crippen molar-refractivity contribution in [1.29, 1.82) is 10.5 Å². The number of carbonyl (C=O) groups is 2. The van der Waals surface area contributed by atoms with Gasteiger partial charge in [-0.05, 0) is 125 Å². The van der Waals surface area contributed by atoms with Gasteiger partial charge in [-0.1, -0.05) is 23.7 Å². The Kier molecular flexibility index (Phi) is 20.2. The summed E-state index contributed by atoms with van der Waals surface area (Å²) >= 11 is 5.82. The van der Waals surface area contributed by atoms with Crippen LogP contribution in [0.3, 0.4) is 0 Å². The molecule has 2 amide bonds. The van der Waals surface area contributed by atoms with E-state index in [0.717, 1.165) is 74.6 Å². The molecule has 3 fully saturated rings. The first-order valence-corrected chi connectivity index (χ1v) is 28.8. The Labute approximate surface area is 510 Å². The average Bonchev–Trinajstić information content (AvgIpc) is 1.82. The highest BCUT2D eigenvalue weighted by atomic mass is 35.5. The van der Waals surface area contributed by atoms with E-state index in [-0.39, 0.29) is 99.1 Å². The zero-order chi connectivity index (χ0) is 63.0. The number of amides is 2. The Morgan fingerprint density at radius 3 is 1.57 bits per heavy atom. The Morgan fingerprint density at radius 2 is 1.09 bits per heavy atom. The van der Waals surface area contributed by atoms with Gasteiger partial charge < -0.3 is 58.3 Å². The van der Waals surface area contributed by atoms with Crippen LogP contribution in [0.1, 0.15) is 85.2 Å². The van der Waals surface area contributed by atoms with E-state index in [1.807, 2.05) is 45.9 Å². The molecule has 88 heavy (non-hydrogen) atoms. The number of benzene rings is 4. The normalized spacial score (nSPS) is 15.6. The maximum absolute atomic E-state index is 15.1. The lowest BCUT2D eigenvalue weighted by Crippen LogP contribution is -2.41. The van der Waals surface area contributed by atoms with E-state index >= 15 is 8.78 Å². The van der Waals surface area contributed by atoms with E-state index in [1.54, 1.807) is 18.2 Å². The third-order valence-electron chi connectivity index (χ3n) is 15.7. The standard InChI is InChI=1S/C29H26F2N4O4.C18H25BN2O3.C17H13ClF2N2O3/c1-35(8-9-36)29(37)18-2-4-21(22(30)13-18)26-14-25-28(39-26)27(23(31)16-33-25)17-3-5-24(19(12-17)15-32)34-20-6-10-38-11-7-20;1-17(2)18(3,4)24-19(23-17)14-5-6-16(13(11-14)12-20)21-15-7-9-22-10-8-15;1-22(4-5-23)17(24)9-2-3-10(11(19)6-9)14-7-13-16(25-14)15(18)12(20)8-21-13/h2-5,12-14,16,20,34,36H,6-11H2,1H3;5-6,11,15,21H,7-10H2,1-4H3;2-3,6-8,23H,4-5H2,1H3. The first-order valence-electron chi connectivity index (χ1n) is 28.4. The van der Waals surface area contributed by atoms with Gasteiger partial charge in [-0.3, -0.25) is 9.59 Å². The van der Waals surface area contributed by atoms with Gasteiger partial charge in [0.2, 0.25) is 0 Å². The van der Waals surface area contributed by atoms with Crippen molar-refractivity contribution in [1.82, 2.24) is 19.8 Å². The highest BCUT2D eigenvalue weighted by molar-refractivity contribution is 6.62. The number of hydrogen-bond acceptors (Lipinski definition) is 16. The summed E-state index contributed by atoms with van der Waals surface area (Å²) in [6, 6.07) is 26.6. The maximum atomic E-state index is 15.1. The van der Waals surface area contributed by atoms with Crippen LogP contribution in [0.2, 0.25) is 5.02 Å². The first-order chi connectivity index (χ1) is 42.1. The van der Waals surface area contributed by atoms with Crippen molar-refractivity contribution in [3.8, 4) is 45.9 Å². The molecular formula is C64H64BClF4N8O10. The molecule has 4 N–H and O–H groups in total. The van der Waals surface area contributed by atoms with E-state index in [1.165, 1.54) is 60.3 Å². The highest BCUT2D eigenvalue weighted by Gasteiger charge is 2.52. The van der Waals surface area contributed by atoms with E-state index in [2.05, 4.69) is 32.7 Å². The van der Waals surface area contributed by atoms with Gasteiger partial charge >= 0.3 is 7.12 Å². The van der Waals surface area contributed by atoms with Crippen molar-refractivity contribution in [2.24, 2.45) is 0 Å². The van der Waals surface area contributed by atoms with Gasteiger partial charge in [0.15, 0.2) is 22.8 Å². The van der Waals surface area contributed by atoms with Crippen molar-refractivity contribution in [3.63, 3.8) is 0 Å². The van der Waals surface area contributed by atoms with Crippen LogP contribution in [0, 0.1) is 45.9 Å². The van der Waals surface area contributed by atoms with Gasteiger partial charge in [0.1, 0.15) is 51.3 Å². The fraction of sp³-hybridized carbons (Fsp3) is 0.344. The quantitative estimate of drug-likeness (QED) is 0.0584. The summed E-state index contributed by atoms with van der Waals surface area (Å²) in [5.41, 5.74) is 4.30. The molecule has 0 aliphatic carbocycles. The molecule has 18 nitrogen and oxygen atoms in total. The topological polar surface area (TPSA) is 242 Å². The predicted molar refractivity (Wildman–Crippen MR) is 324 cm³/mol. The van der Waals surface area contributed by atoms with Gasteiger partial charge in [-0.15, -0.1) is 0 Å². The van der Waals surface area contributed by atoms with Gasteiger partial charge in [-0.25, -0.2) is 27.5 Å². The van der Waals surface area contributed by atoms with E-state index < -0.39 is 42.2 Å². The van der Waals surface area contributed by atoms with Gasteiger partial charge in [0.25, 0.3) is 11.8 Å². The smallest absolute Gasteiger partial charge is 0.453 e. The fourth-order valence-corrected chi connectivity index (χ4v) is 10.2. The number of aliphatic hydroxyl groups excluding tert-OH is 2. The van der Waals surface area contributed by atoms with Crippen LogP contribution in [-0.4, -0.2) is 139 Å². The predicted octanol–water partition coefficient (Wildman–Crippen LogP) is 10.9. The summed E-state index contributed by atoms with van der Waals surface area (Å²) in [4.78, 5) is 35.1. The molecule has 3 saturated heterocycles. The lowest BCUT2D eigenvalue weighted by Gasteiger charge is -2.32. The molecule has 3 aliphatic heterocycles. The third-order valence-corrected chi connectivity index (χ3v) is 16.1. The molecule has 0 unspecified atom stereocenters. The lowest BCUT2D eigenvalue weighted by molar-refractivity contribution is 0.00578. The summed E-state index contributed by atoms with van der Waals surface area (Å²) in [5, 5.41) is 43.8. The number of halogens is 5. The summed E-state index contributed by atoms with van der Waals surface area (Å²) < 4.78 is 92.4. The summed E-state index contributed by atoms with van der Waals surface area (Å²) in [6.45, 7) is 10.8. The molecule has 0 radical (unpaired) electrons. The first kappa shape index (κ1) is 64.1. The third kappa shape index (κ3) is 14.3. The van der Waals surface area contributed by atoms with Crippen LogP contribution >= 0.6 is 11.6 Å². The van der Waals surface area contributed by atoms with Crippen LogP contribution < -0.4 is 16.1 Å². The van der Waals surface area contributed by atoms with E-state index in [9.17, 15) is 28.9 Å². The zero-order valence-corrected chi connectivity index (χ0v) is 49.9. The number of hydrogen-bond donors (Lipinski definition) is 4. The zero-order valence-electron chi connectivity index (χ0n) is 49.2. The van der Waals surface area contributed by atoms with Gasteiger partial charge in [0.05, 0.1) is 76.0 Å². The monoisotopic (exact) mass is 1230 g/mol. The Bertz CT molecular complexity index is 3940. The Hall–Kier alpha value is -8.39. The van der Waals surface area contributed by atoms with Crippen LogP contribution in [0.4, 0.5) is 28.9 Å². The number of aliphatic hydroxyl groups is 2. The van der Waals surface area contributed by atoms with Gasteiger partial charge in [0, 0.05) is 89.0 Å². The second kappa shape index (κ2) is 27.8. The number of nitriles is 2. The largest absolute Gasteiger partial charge is 0.494 e. The molecule has 3 aliphatic rings. The minimum absolute atomic E-state index is 0.0268. The lowest BCUT2D eigenvalue weighted by atomic mass is 9.78. The maximum Gasteiger partial charge on any atom is 0.494 e. The minimum Gasteiger partial charge on any atom is -0.453 e. The fourth-order valence-electron chi connectivity index (χ4n) is 10.0. The summed E-state index contributed by atoms with van der Waals surface area (Å²) in [7, 11) is 2.57. The number of fused-ring (bicyclic) bond motifs is 2. The highest BCUT2D eigenvalue weighted by Crippen LogP contribution is 2.40. The molecule has 0 atom stereocenters. The number of likely N-dealkylation sites (N-methyl/N-ethyl adjacent to an activating group) is 2. The molecule has 11 rings (SSSR count). The second-order valence-electron chi connectivity index (χ2n) is 22.3. The molecule has 8 aromatic rings. The molecule has 458 valence electrons. The van der Waals surface area contributed by atoms with Crippen molar-refractivity contribution < 1.29 is 65.0 Å². The van der Waals surface area contributed by atoms with E-state index in [0.29, 0.717) is 52.7 Å².